The highest BCUT2D eigenvalue weighted by molar-refractivity contribution is 6.30. The van der Waals surface area contributed by atoms with Crippen LogP contribution in [0.3, 0.4) is 0 Å². The van der Waals surface area contributed by atoms with Crippen LogP contribution in [0.25, 0.3) is 0 Å². The molecule has 94 valence electrons. The molecule has 0 aliphatic carbocycles. The van der Waals surface area contributed by atoms with E-state index in [2.05, 4.69) is 5.32 Å². The standard InChI is InChI=1S/C12H15ClN2O.ClH/c13-11-3-1-2-10(8-11)9-12(16)15-6-4-14-5-7-15;/h1-3,8,14H,4-7,9H2;1H. The lowest BCUT2D eigenvalue weighted by Crippen LogP contribution is -2.46. The molecule has 1 aliphatic rings. The first kappa shape index (κ1) is 14.3. The summed E-state index contributed by atoms with van der Waals surface area (Å²) in [5.74, 6) is 0.184. The van der Waals surface area contributed by atoms with Crippen molar-refractivity contribution in [3.63, 3.8) is 0 Å². The molecule has 1 N–H and O–H groups in total. The van der Waals surface area contributed by atoms with Crippen molar-refractivity contribution in [1.29, 1.82) is 0 Å². The lowest BCUT2D eigenvalue weighted by Gasteiger charge is -2.27. The van der Waals surface area contributed by atoms with Gasteiger partial charge in [0.2, 0.25) is 5.91 Å². The fraction of sp³-hybridized carbons (Fsp3) is 0.417. The molecule has 0 atom stereocenters. The van der Waals surface area contributed by atoms with E-state index in [0.717, 1.165) is 31.7 Å². The van der Waals surface area contributed by atoms with Crippen LogP contribution in [0.15, 0.2) is 24.3 Å². The molecule has 0 saturated carbocycles. The van der Waals surface area contributed by atoms with Gasteiger partial charge in [-0.15, -0.1) is 12.4 Å². The molecule has 17 heavy (non-hydrogen) atoms. The minimum atomic E-state index is 0. The summed E-state index contributed by atoms with van der Waals surface area (Å²) in [6.07, 6.45) is 0.445. The lowest BCUT2D eigenvalue weighted by atomic mass is 10.1. The molecule has 0 radical (unpaired) electrons. The van der Waals surface area contributed by atoms with Gasteiger partial charge in [-0.25, -0.2) is 0 Å². The molecule has 0 bridgehead atoms. The van der Waals surface area contributed by atoms with Gasteiger partial charge in [0.05, 0.1) is 6.42 Å². The first-order valence-corrected chi connectivity index (χ1v) is 5.86. The van der Waals surface area contributed by atoms with E-state index in [9.17, 15) is 4.79 Å². The first-order chi connectivity index (χ1) is 7.75. The lowest BCUT2D eigenvalue weighted by molar-refractivity contribution is -0.131. The molecule has 3 nitrogen and oxygen atoms in total. The van der Waals surface area contributed by atoms with Crippen molar-refractivity contribution in [2.75, 3.05) is 26.2 Å². The van der Waals surface area contributed by atoms with Crippen molar-refractivity contribution in [3.05, 3.63) is 34.9 Å². The third-order valence-corrected chi connectivity index (χ3v) is 2.95. The van der Waals surface area contributed by atoms with E-state index in [-0.39, 0.29) is 18.3 Å². The molecule has 0 unspecified atom stereocenters. The molecule has 1 aromatic rings. The van der Waals surface area contributed by atoms with Crippen molar-refractivity contribution in [2.24, 2.45) is 0 Å². The maximum Gasteiger partial charge on any atom is 0.227 e. The molecular weight excluding hydrogens is 259 g/mol. The predicted octanol–water partition coefficient (Wildman–Crippen LogP) is 1.74. The van der Waals surface area contributed by atoms with Crippen LogP contribution >= 0.6 is 24.0 Å². The average molecular weight is 275 g/mol. The van der Waals surface area contributed by atoms with Crippen molar-refractivity contribution >= 4 is 29.9 Å². The Labute approximate surface area is 113 Å². The summed E-state index contributed by atoms with van der Waals surface area (Å²) in [5.41, 5.74) is 0.982. The quantitative estimate of drug-likeness (QED) is 0.891. The van der Waals surface area contributed by atoms with Gasteiger partial charge in [-0.2, -0.15) is 0 Å². The normalized spacial score (nSPS) is 15.2. The maximum atomic E-state index is 11.9. The number of hydrogen-bond donors (Lipinski definition) is 1. The Kier molecular flexibility index (Phi) is 5.75. The molecule has 0 aromatic heterocycles. The number of benzene rings is 1. The van der Waals surface area contributed by atoms with E-state index in [1.54, 1.807) is 0 Å². The summed E-state index contributed by atoms with van der Waals surface area (Å²) in [4.78, 5) is 13.8. The second-order valence-electron chi connectivity index (χ2n) is 3.94. The SMILES string of the molecule is Cl.O=C(Cc1cccc(Cl)c1)N1CCNCC1. The Morgan fingerprint density at radius 1 is 1.35 bits per heavy atom. The third kappa shape index (κ3) is 4.19. The van der Waals surface area contributed by atoms with E-state index in [1.165, 1.54) is 0 Å². The molecule has 1 amide bonds. The molecule has 5 heteroatoms. The largest absolute Gasteiger partial charge is 0.340 e. The highest BCUT2D eigenvalue weighted by Gasteiger charge is 2.16. The summed E-state index contributed by atoms with van der Waals surface area (Å²) < 4.78 is 0. The molecule has 0 spiro atoms. The van der Waals surface area contributed by atoms with Crippen LogP contribution in [0.4, 0.5) is 0 Å². The zero-order valence-corrected chi connectivity index (χ0v) is 11.1. The van der Waals surface area contributed by atoms with Crippen LogP contribution in [0.2, 0.25) is 5.02 Å². The van der Waals surface area contributed by atoms with Crippen LogP contribution in [-0.4, -0.2) is 37.0 Å². The van der Waals surface area contributed by atoms with E-state index in [4.69, 9.17) is 11.6 Å². The number of halogens is 2. The van der Waals surface area contributed by atoms with E-state index < -0.39 is 0 Å². The summed E-state index contributed by atoms with van der Waals surface area (Å²) in [5, 5.41) is 3.91. The Hall–Kier alpha value is -0.770. The van der Waals surface area contributed by atoms with Crippen LogP contribution < -0.4 is 5.32 Å². The minimum absolute atomic E-state index is 0. The molecule has 2 rings (SSSR count). The number of carbonyl (C=O) groups excluding carboxylic acids is 1. The molecule has 1 fully saturated rings. The zero-order chi connectivity index (χ0) is 11.4. The van der Waals surface area contributed by atoms with Gasteiger partial charge < -0.3 is 10.2 Å². The van der Waals surface area contributed by atoms with Gasteiger partial charge in [-0.05, 0) is 17.7 Å². The summed E-state index contributed by atoms with van der Waals surface area (Å²) >= 11 is 5.88. The number of nitrogens with one attached hydrogen (secondary N) is 1. The highest BCUT2D eigenvalue weighted by Crippen LogP contribution is 2.12. The van der Waals surface area contributed by atoms with E-state index >= 15 is 0 Å². The minimum Gasteiger partial charge on any atom is -0.340 e. The van der Waals surface area contributed by atoms with Crippen LogP contribution in [0.5, 0.6) is 0 Å². The highest BCUT2D eigenvalue weighted by atomic mass is 35.5. The van der Waals surface area contributed by atoms with Crippen molar-refractivity contribution in [1.82, 2.24) is 10.2 Å². The molecule has 1 aliphatic heterocycles. The number of carbonyl (C=O) groups is 1. The topological polar surface area (TPSA) is 32.3 Å². The number of hydrogen-bond acceptors (Lipinski definition) is 2. The van der Waals surface area contributed by atoms with Gasteiger partial charge in [0.15, 0.2) is 0 Å². The van der Waals surface area contributed by atoms with Crippen molar-refractivity contribution < 1.29 is 4.79 Å². The predicted molar refractivity (Wildman–Crippen MR) is 71.9 cm³/mol. The van der Waals surface area contributed by atoms with Crippen LogP contribution in [-0.2, 0) is 11.2 Å². The van der Waals surface area contributed by atoms with Gasteiger partial charge in [0.25, 0.3) is 0 Å². The Bertz CT molecular complexity index is 379. The first-order valence-electron chi connectivity index (χ1n) is 5.48. The number of amides is 1. The van der Waals surface area contributed by atoms with Gasteiger partial charge in [0, 0.05) is 31.2 Å². The average Bonchev–Trinajstić information content (AvgIpc) is 2.30. The molecule has 1 saturated heterocycles. The Morgan fingerprint density at radius 2 is 2.06 bits per heavy atom. The van der Waals surface area contributed by atoms with E-state index in [1.807, 2.05) is 29.2 Å². The Balaban J connectivity index is 0.00000144. The number of nitrogens with zero attached hydrogens (tertiary/aromatic N) is 1. The van der Waals surface area contributed by atoms with Gasteiger partial charge >= 0.3 is 0 Å². The van der Waals surface area contributed by atoms with Crippen molar-refractivity contribution in [2.45, 2.75) is 6.42 Å². The van der Waals surface area contributed by atoms with Crippen LogP contribution in [0, 0.1) is 0 Å². The van der Waals surface area contributed by atoms with Crippen molar-refractivity contribution in [3.8, 4) is 0 Å². The fourth-order valence-electron chi connectivity index (χ4n) is 1.85. The number of rotatable bonds is 2. The summed E-state index contributed by atoms with van der Waals surface area (Å²) in [7, 11) is 0. The van der Waals surface area contributed by atoms with Gasteiger partial charge in [0.1, 0.15) is 0 Å². The Morgan fingerprint density at radius 3 is 2.71 bits per heavy atom. The van der Waals surface area contributed by atoms with Gasteiger partial charge in [-0.1, -0.05) is 23.7 Å². The third-order valence-electron chi connectivity index (χ3n) is 2.71. The summed E-state index contributed by atoms with van der Waals surface area (Å²) in [6.45, 7) is 3.39. The fourth-order valence-corrected chi connectivity index (χ4v) is 2.06. The van der Waals surface area contributed by atoms with E-state index in [0.29, 0.717) is 11.4 Å². The maximum absolute atomic E-state index is 11.9. The second kappa shape index (κ2) is 6.84. The number of piperazine rings is 1. The zero-order valence-electron chi connectivity index (χ0n) is 9.49. The molecular formula is C12H16Cl2N2O. The smallest absolute Gasteiger partial charge is 0.227 e. The van der Waals surface area contributed by atoms with Crippen LogP contribution in [0.1, 0.15) is 5.56 Å². The van der Waals surface area contributed by atoms with Gasteiger partial charge in [-0.3, -0.25) is 4.79 Å². The second-order valence-corrected chi connectivity index (χ2v) is 4.37. The summed E-state index contributed by atoms with van der Waals surface area (Å²) in [6, 6.07) is 7.48. The molecule has 1 heterocycles. The molecule has 1 aromatic carbocycles. The monoisotopic (exact) mass is 274 g/mol.